The summed E-state index contributed by atoms with van der Waals surface area (Å²) in [6.45, 7) is 2.07. The minimum atomic E-state index is -4.34. The van der Waals surface area contributed by atoms with Crippen LogP contribution in [0.1, 0.15) is 42.7 Å². The third-order valence-corrected chi connectivity index (χ3v) is 6.00. The van der Waals surface area contributed by atoms with E-state index < -0.39 is 11.7 Å². The Balaban J connectivity index is 1.27. The number of benzene rings is 1. The number of halogens is 3. The molecule has 2 aliphatic heterocycles. The van der Waals surface area contributed by atoms with Gasteiger partial charge in [0.05, 0.1) is 17.5 Å². The lowest BCUT2D eigenvalue weighted by Gasteiger charge is -2.19. The molecule has 1 aromatic rings. The van der Waals surface area contributed by atoms with E-state index in [1.807, 2.05) is 4.90 Å². The van der Waals surface area contributed by atoms with E-state index in [1.54, 1.807) is 0 Å². The summed E-state index contributed by atoms with van der Waals surface area (Å²) in [5.41, 5.74) is 0.146. The molecule has 0 aromatic heterocycles. The van der Waals surface area contributed by atoms with Crippen LogP contribution in [0, 0.1) is 5.92 Å². The fourth-order valence-corrected chi connectivity index (χ4v) is 4.22. The quantitative estimate of drug-likeness (QED) is 0.822. The van der Waals surface area contributed by atoms with E-state index in [0.717, 1.165) is 50.0 Å². The summed E-state index contributed by atoms with van der Waals surface area (Å²) in [5, 5.41) is 6.15. The molecule has 1 aromatic carbocycles. The molecule has 0 spiro atoms. The molecule has 2 N–H and O–H groups in total. The Kier molecular flexibility index (Phi) is 5.07. The second-order valence-corrected chi connectivity index (χ2v) is 8.00. The normalized spacial score (nSPS) is 29.8. The van der Waals surface area contributed by atoms with Crippen LogP contribution in [-0.2, 0) is 15.8 Å². The van der Waals surface area contributed by atoms with Crippen molar-refractivity contribution in [2.24, 2.45) is 5.92 Å². The highest BCUT2D eigenvalue weighted by Gasteiger charge is 2.43. The maximum Gasteiger partial charge on any atom is 0.416 e. The van der Waals surface area contributed by atoms with Crippen LogP contribution in [0.15, 0.2) is 24.3 Å². The zero-order valence-electron chi connectivity index (χ0n) is 15.5. The highest BCUT2D eigenvalue weighted by molar-refractivity contribution is 5.86. The monoisotopic (exact) mass is 395 g/mol. The first-order valence-corrected chi connectivity index (χ1v) is 9.82. The van der Waals surface area contributed by atoms with Crippen molar-refractivity contribution in [3.8, 4) is 0 Å². The van der Waals surface area contributed by atoms with Gasteiger partial charge in [0, 0.05) is 31.6 Å². The number of carbonyl (C=O) groups is 2. The van der Waals surface area contributed by atoms with Crippen molar-refractivity contribution in [3.05, 3.63) is 35.4 Å². The van der Waals surface area contributed by atoms with E-state index in [-0.39, 0.29) is 35.7 Å². The van der Waals surface area contributed by atoms with Crippen LogP contribution in [0.5, 0.6) is 0 Å². The SMILES string of the molecule is O=C(NC1CC1c1ccc(C(F)(F)F)cc1)[C@@H]1CN[C@H](C(=O)N2CCCC2)C1. The number of hydrogen-bond donors (Lipinski definition) is 2. The molecule has 5 nitrogen and oxygen atoms in total. The van der Waals surface area contributed by atoms with E-state index in [0.29, 0.717) is 13.0 Å². The Hall–Kier alpha value is -2.09. The summed E-state index contributed by atoms with van der Waals surface area (Å²) in [4.78, 5) is 26.8. The fraction of sp³-hybridized carbons (Fsp3) is 0.600. The molecule has 28 heavy (non-hydrogen) atoms. The Morgan fingerprint density at radius 3 is 2.39 bits per heavy atom. The standard InChI is InChI=1S/C20H24F3N3O2/c21-20(22,23)14-5-3-12(4-6-14)15-10-16(15)25-18(27)13-9-17(24-11-13)19(28)26-7-1-2-8-26/h3-6,13,15-17,24H,1-2,7-11H2,(H,25,27)/t13-,15?,16?,17-/m0/s1. The largest absolute Gasteiger partial charge is 0.416 e. The van der Waals surface area contributed by atoms with Crippen LogP contribution >= 0.6 is 0 Å². The van der Waals surface area contributed by atoms with Gasteiger partial charge >= 0.3 is 6.18 Å². The molecule has 4 rings (SSSR count). The van der Waals surface area contributed by atoms with Gasteiger partial charge in [-0.2, -0.15) is 13.2 Å². The van der Waals surface area contributed by atoms with Crippen molar-refractivity contribution in [1.82, 2.24) is 15.5 Å². The summed E-state index contributed by atoms with van der Waals surface area (Å²) in [7, 11) is 0. The van der Waals surface area contributed by atoms with E-state index in [9.17, 15) is 22.8 Å². The van der Waals surface area contributed by atoms with Crippen LogP contribution in [0.25, 0.3) is 0 Å². The lowest BCUT2D eigenvalue weighted by atomic mass is 10.0. The maximum atomic E-state index is 12.7. The first-order valence-electron chi connectivity index (χ1n) is 9.82. The number of hydrogen-bond acceptors (Lipinski definition) is 3. The number of carbonyl (C=O) groups excluding carboxylic acids is 2. The molecule has 2 unspecified atom stereocenters. The predicted molar refractivity (Wildman–Crippen MR) is 96.4 cm³/mol. The van der Waals surface area contributed by atoms with Crippen LogP contribution < -0.4 is 10.6 Å². The highest BCUT2D eigenvalue weighted by Crippen LogP contribution is 2.42. The minimum Gasteiger partial charge on any atom is -0.352 e. The molecule has 1 aliphatic carbocycles. The van der Waals surface area contributed by atoms with Crippen LogP contribution in [0.4, 0.5) is 13.2 Å². The fourth-order valence-electron chi connectivity index (χ4n) is 4.22. The van der Waals surface area contributed by atoms with Crippen LogP contribution in [-0.4, -0.2) is 48.4 Å². The number of amides is 2. The molecule has 4 atom stereocenters. The van der Waals surface area contributed by atoms with Gasteiger partial charge in [0.15, 0.2) is 0 Å². The van der Waals surface area contributed by atoms with Crippen molar-refractivity contribution in [2.75, 3.05) is 19.6 Å². The van der Waals surface area contributed by atoms with Crippen LogP contribution in [0.3, 0.4) is 0 Å². The second kappa shape index (κ2) is 7.39. The number of nitrogens with zero attached hydrogens (tertiary/aromatic N) is 1. The van der Waals surface area contributed by atoms with E-state index in [2.05, 4.69) is 10.6 Å². The molecule has 2 amide bonds. The van der Waals surface area contributed by atoms with E-state index in [4.69, 9.17) is 0 Å². The highest BCUT2D eigenvalue weighted by atomic mass is 19.4. The topological polar surface area (TPSA) is 61.4 Å². The van der Waals surface area contributed by atoms with Crippen LogP contribution in [0.2, 0.25) is 0 Å². The van der Waals surface area contributed by atoms with Gasteiger partial charge in [0.1, 0.15) is 0 Å². The van der Waals surface area contributed by atoms with E-state index in [1.165, 1.54) is 12.1 Å². The van der Waals surface area contributed by atoms with Gasteiger partial charge in [-0.25, -0.2) is 0 Å². The molecule has 3 fully saturated rings. The Morgan fingerprint density at radius 1 is 1.07 bits per heavy atom. The third-order valence-electron chi connectivity index (χ3n) is 6.00. The third kappa shape index (κ3) is 4.01. The summed E-state index contributed by atoms with van der Waals surface area (Å²) >= 11 is 0. The molecular weight excluding hydrogens is 371 g/mol. The van der Waals surface area contributed by atoms with Gasteiger partial charge in [-0.1, -0.05) is 12.1 Å². The molecule has 8 heteroatoms. The molecule has 2 heterocycles. The number of alkyl halides is 3. The van der Waals surface area contributed by atoms with Gasteiger partial charge in [-0.05, 0) is 43.4 Å². The van der Waals surface area contributed by atoms with Crippen molar-refractivity contribution < 1.29 is 22.8 Å². The summed E-state index contributed by atoms with van der Waals surface area (Å²) in [6, 6.07) is 4.81. The van der Waals surface area contributed by atoms with Gasteiger partial charge in [-0.15, -0.1) is 0 Å². The van der Waals surface area contributed by atoms with Crippen molar-refractivity contribution in [3.63, 3.8) is 0 Å². The van der Waals surface area contributed by atoms with Crippen molar-refractivity contribution in [2.45, 2.75) is 49.9 Å². The molecule has 1 saturated carbocycles. The lowest BCUT2D eigenvalue weighted by molar-refractivity contribution is -0.137. The van der Waals surface area contributed by atoms with E-state index >= 15 is 0 Å². The predicted octanol–water partition coefficient (Wildman–Crippen LogP) is 2.28. The molecule has 0 radical (unpaired) electrons. The number of likely N-dealkylation sites (tertiary alicyclic amines) is 1. The average molecular weight is 395 g/mol. The molecular formula is C20H24F3N3O2. The maximum absolute atomic E-state index is 12.7. The van der Waals surface area contributed by atoms with Crippen molar-refractivity contribution in [1.29, 1.82) is 0 Å². The molecule has 0 bridgehead atoms. The zero-order valence-corrected chi connectivity index (χ0v) is 15.5. The Labute approximate surface area is 161 Å². The molecule has 152 valence electrons. The Morgan fingerprint density at radius 2 is 1.75 bits per heavy atom. The van der Waals surface area contributed by atoms with Gasteiger partial charge in [0.25, 0.3) is 0 Å². The van der Waals surface area contributed by atoms with Gasteiger partial charge < -0.3 is 15.5 Å². The Bertz CT molecular complexity index is 744. The summed E-state index contributed by atoms with van der Waals surface area (Å²) in [5.74, 6) is -0.182. The zero-order chi connectivity index (χ0) is 19.9. The average Bonchev–Trinajstić information content (AvgIpc) is 3.07. The lowest BCUT2D eigenvalue weighted by Crippen LogP contribution is -2.42. The van der Waals surface area contributed by atoms with Gasteiger partial charge in [0.2, 0.25) is 11.8 Å². The smallest absolute Gasteiger partial charge is 0.352 e. The first kappa shape index (κ1) is 19.2. The first-order chi connectivity index (χ1) is 13.3. The molecule has 3 aliphatic rings. The summed E-state index contributed by atoms with van der Waals surface area (Å²) < 4.78 is 38.0. The molecule has 2 saturated heterocycles. The van der Waals surface area contributed by atoms with Gasteiger partial charge in [-0.3, -0.25) is 9.59 Å². The summed E-state index contributed by atoms with van der Waals surface area (Å²) in [6.07, 6.45) is -1.04. The van der Waals surface area contributed by atoms with Crippen molar-refractivity contribution >= 4 is 11.8 Å². The number of rotatable bonds is 4. The second-order valence-electron chi connectivity index (χ2n) is 8.00. The number of nitrogens with one attached hydrogen (secondary N) is 2. The minimum absolute atomic E-state index is 0.0439.